The third-order valence-corrected chi connectivity index (χ3v) is 10.1. The summed E-state index contributed by atoms with van der Waals surface area (Å²) >= 11 is 0. The van der Waals surface area contributed by atoms with E-state index in [9.17, 15) is 19.8 Å². The molecule has 0 aromatic carbocycles. The number of fused-ring (bicyclic) bond motifs is 5. The summed E-state index contributed by atoms with van der Waals surface area (Å²) in [7, 11) is 0. The van der Waals surface area contributed by atoms with Crippen LogP contribution in [0.1, 0.15) is 79.1 Å². The number of carbonyl (C=O) groups excluding carboxylic acids is 1. The van der Waals surface area contributed by atoms with Crippen LogP contribution in [0.15, 0.2) is 0 Å². The van der Waals surface area contributed by atoms with E-state index >= 15 is 0 Å². The number of aliphatic carboxylic acids is 1. The Bertz CT molecular complexity index is 659. The average molecular weight is 391 g/mol. The molecule has 2 N–H and O–H groups in total. The van der Waals surface area contributed by atoms with Gasteiger partial charge in [0.25, 0.3) is 0 Å². The van der Waals surface area contributed by atoms with E-state index in [0.717, 1.165) is 44.9 Å². The van der Waals surface area contributed by atoms with Crippen molar-refractivity contribution in [3.8, 4) is 0 Å². The molecule has 4 nitrogen and oxygen atoms in total. The molecule has 0 aromatic rings. The maximum atomic E-state index is 13.6. The second kappa shape index (κ2) is 6.82. The summed E-state index contributed by atoms with van der Waals surface area (Å²) in [5.74, 6) is 1.69. The van der Waals surface area contributed by atoms with Gasteiger partial charge in [-0.1, -0.05) is 27.7 Å². The zero-order valence-corrected chi connectivity index (χ0v) is 18.0. The van der Waals surface area contributed by atoms with E-state index in [1.165, 1.54) is 0 Å². The van der Waals surface area contributed by atoms with E-state index in [4.69, 9.17) is 0 Å². The molecule has 4 heteroatoms. The summed E-state index contributed by atoms with van der Waals surface area (Å²) in [6, 6.07) is 0. The molecule has 0 heterocycles. The Balaban J connectivity index is 1.65. The zero-order chi connectivity index (χ0) is 20.4. The minimum Gasteiger partial charge on any atom is -0.481 e. The van der Waals surface area contributed by atoms with E-state index in [2.05, 4.69) is 27.7 Å². The number of carboxylic acid groups (broad SMARTS) is 1. The molecular formula is C24H38O4. The fraction of sp³-hybridized carbons (Fsp3) is 0.917. The van der Waals surface area contributed by atoms with Crippen LogP contribution in [0.5, 0.6) is 0 Å². The van der Waals surface area contributed by atoms with E-state index in [1.54, 1.807) is 0 Å². The highest BCUT2D eigenvalue weighted by Gasteiger charge is 2.64. The number of carboxylic acids is 1. The summed E-state index contributed by atoms with van der Waals surface area (Å²) in [4.78, 5) is 24.9. The van der Waals surface area contributed by atoms with Crippen LogP contribution in [-0.4, -0.2) is 28.1 Å². The van der Waals surface area contributed by atoms with Crippen LogP contribution in [0.25, 0.3) is 0 Å². The Morgan fingerprint density at radius 3 is 2.39 bits per heavy atom. The van der Waals surface area contributed by atoms with Crippen molar-refractivity contribution in [2.24, 2.45) is 52.3 Å². The SMILES string of the molecule is C[C@H](CC(=O)O)[C@H]1CC[C@H]2[C@@H]3C(=O)[C@H](C)[C@@H]4C[C@H](O)CC[C@]4(C)[C@H]3CC[C@]12C. The number of Topliss-reactive ketones (excluding diaryl/α,β-unsaturated/α-hetero) is 1. The van der Waals surface area contributed by atoms with Gasteiger partial charge in [-0.3, -0.25) is 9.59 Å². The summed E-state index contributed by atoms with van der Waals surface area (Å²) in [5, 5.41) is 19.6. The van der Waals surface area contributed by atoms with Gasteiger partial charge in [-0.05, 0) is 85.4 Å². The maximum Gasteiger partial charge on any atom is 0.303 e. The largest absolute Gasteiger partial charge is 0.481 e. The Kier molecular flexibility index (Phi) is 4.96. The Labute approximate surface area is 169 Å². The van der Waals surface area contributed by atoms with Crippen LogP contribution in [-0.2, 0) is 9.59 Å². The molecular weight excluding hydrogens is 352 g/mol. The topological polar surface area (TPSA) is 74.6 Å². The monoisotopic (exact) mass is 390 g/mol. The van der Waals surface area contributed by atoms with E-state index < -0.39 is 5.97 Å². The van der Waals surface area contributed by atoms with Crippen molar-refractivity contribution in [2.75, 3.05) is 0 Å². The first kappa shape index (κ1) is 20.4. The fourth-order valence-corrected chi connectivity index (χ4v) is 8.75. The predicted octanol–water partition coefficient (Wildman–Crippen LogP) is 4.54. The predicted molar refractivity (Wildman–Crippen MR) is 108 cm³/mol. The number of aliphatic hydroxyl groups is 1. The van der Waals surface area contributed by atoms with E-state index in [0.29, 0.717) is 29.5 Å². The molecule has 4 aliphatic carbocycles. The van der Waals surface area contributed by atoms with Gasteiger partial charge in [0, 0.05) is 18.3 Å². The van der Waals surface area contributed by atoms with Crippen LogP contribution in [0.3, 0.4) is 0 Å². The van der Waals surface area contributed by atoms with Gasteiger partial charge in [-0.2, -0.15) is 0 Å². The lowest BCUT2D eigenvalue weighted by Gasteiger charge is -2.62. The van der Waals surface area contributed by atoms with Crippen molar-refractivity contribution in [1.29, 1.82) is 0 Å². The molecule has 4 fully saturated rings. The second-order valence-electron chi connectivity index (χ2n) is 11.3. The summed E-state index contributed by atoms with van der Waals surface area (Å²) in [5.41, 5.74) is 0.270. The van der Waals surface area contributed by atoms with Crippen molar-refractivity contribution in [2.45, 2.75) is 85.2 Å². The van der Waals surface area contributed by atoms with Gasteiger partial charge in [0.15, 0.2) is 0 Å². The molecule has 4 aliphatic rings. The van der Waals surface area contributed by atoms with Crippen LogP contribution >= 0.6 is 0 Å². The molecule has 158 valence electrons. The lowest BCUT2D eigenvalue weighted by Crippen LogP contribution is -2.60. The molecule has 28 heavy (non-hydrogen) atoms. The second-order valence-corrected chi connectivity index (χ2v) is 11.3. The Morgan fingerprint density at radius 2 is 1.71 bits per heavy atom. The van der Waals surface area contributed by atoms with Crippen LogP contribution < -0.4 is 0 Å². The number of hydrogen-bond donors (Lipinski definition) is 2. The number of hydrogen-bond acceptors (Lipinski definition) is 3. The van der Waals surface area contributed by atoms with E-state index in [1.807, 2.05) is 0 Å². The summed E-state index contributed by atoms with van der Waals surface area (Å²) < 4.78 is 0. The summed E-state index contributed by atoms with van der Waals surface area (Å²) in [6.07, 6.45) is 7.06. The number of carbonyl (C=O) groups is 2. The molecule has 4 saturated carbocycles. The van der Waals surface area contributed by atoms with Gasteiger partial charge >= 0.3 is 5.97 Å². The van der Waals surface area contributed by atoms with Crippen LogP contribution in [0.4, 0.5) is 0 Å². The molecule has 0 amide bonds. The minimum atomic E-state index is -0.702. The summed E-state index contributed by atoms with van der Waals surface area (Å²) in [6.45, 7) is 8.99. The molecule has 0 bridgehead atoms. The van der Waals surface area contributed by atoms with Gasteiger partial charge < -0.3 is 10.2 Å². The molecule has 10 atom stereocenters. The van der Waals surface area contributed by atoms with Crippen LogP contribution in [0, 0.1) is 52.3 Å². The molecule has 0 unspecified atom stereocenters. The molecule has 0 spiro atoms. The van der Waals surface area contributed by atoms with Crippen LogP contribution in [0.2, 0.25) is 0 Å². The third-order valence-electron chi connectivity index (χ3n) is 10.1. The highest BCUT2D eigenvalue weighted by molar-refractivity contribution is 5.85. The minimum absolute atomic E-state index is 0.0408. The number of aliphatic hydroxyl groups excluding tert-OH is 1. The van der Waals surface area contributed by atoms with Crippen molar-refractivity contribution in [3.63, 3.8) is 0 Å². The standard InChI is InChI=1S/C24H38O4/c1-13(11-20(26)27)16-5-6-17-21-18(8-10-23(16,17)3)24(4)9-7-15(25)12-19(24)14(2)22(21)28/h13-19,21,25H,5-12H2,1-4H3,(H,26,27)/t13-,14-,15-,16-,17+,18+,19+,21+,23-,24-/m1/s1. The van der Waals surface area contributed by atoms with Gasteiger partial charge in [-0.25, -0.2) is 0 Å². The fourth-order valence-electron chi connectivity index (χ4n) is 8.75. The quantitative estimate of drug-likeness (QED) is 0.742. The highest BCUT2D eigenvalue weighted by Crippen LogP contribution is 2.68. The van der Waals surface area contributed by atoms with Crippen molar-refractivity contribution >= 4 is 11.8 Å². The normalized spacial score (nSPS) is 51.8. The first-order valence-electron chi connectivity index (χ1n) is 11.5. The Hall–Kier alpha value is -0.900. The highest BCUT2D eigenvalue weighted by atomic mass is 16.4. The molecule has 0 aliphatic heterocycles. The molecule has 0 radical (unpaired) electrons. The molecule has 0 saturated heterocycles. The Morgan fingerprint density at radius 1 is 1.07 bits per heavy atom. The number of rotatable bonds is 3. The smallest absolute Gasteiger partial charge is 0.303 e. The average Bonchev–Trinajstić information content (AvgIpc) is 2.97. The van der Waals surface area contributed by atoms with Gasteiger partial charge in [0.05, 0.1) is 6.10 Å². The van der Waals surface area contributed by atoms with Crippen molar-refractivity contribution in [3.05, 3.63) is 0 Å². The lowest BCUT2D eigenvalue weighted by atomic mass is 9.42. The molecule has 0 aromatic heterocycles. The van der Waals surface area contributed by atoms with Crippen molar-refractivity contribution in [1.82, 2.24) is 0 Å². The van der Waals surface area contributed by atoms with Gasteiger partial charge in [0.2, 0.25) is 0 Å². The third kappa shape index (κ3) is 2.80. The lowest BCUT2D eigenvalue weighted by molar-refractivity contribution is -0.171. The first-order valence-corrected chi connectivity index (χ1v) is 11.5. The molecule has 4 rings (SSSR count). The van der Waals surface area contributed by atoms with Gasteiger partial charge in [0.1, 0.15) is 5.78 Å². The first-order chi connectivity index (χ1) is 13.1. The van der Waals surface area contributed by atoms with Gasteiger partial charge in [-0.15, -0.1) is 0 Å². The van der Waals surface area contributed by atoms with E-state index in [-0.39, 0.29) is 41.1 Å². The number of ketones is 1. The zero-order valence-electron chi connectivity index (χ0n) is 18.0. The van der Waals surface area contributed by atoms with Crippen molar-refractivity contribution < 1.29 is 19.8 Å². The maximum absolute atomic E-state index is 13.6.